The number of aliphatic hydroxyl groups excluding tert-OH is 1. The second-order valence-electron chi connectivity index (χ2n) is 5.89. The van der Waals surface area contributed by atoms with E-state index in [-0.39, 0.29) is 0 Å². The van der Waals surface area contributed by atoms with Gasteiger partial charge >= 0.3 is 0 Å². The molecule has 0 fully saturated rings. The molecule has 0 aromatic carbocycles. The van der Waals surface area contributed by atoms with E-state index in [1.165, 1.54) is 11.3 Å². The third kappa shape index (κ3) is 5.29. The molecule has 2 unspecified atom stereocenters. The molecule has 1 rings (SSSR count). The Balaban J connectivity index is 2.57. The van der Waals surface area contributed by atoms with Gasteiger partial charge in [-0.3, -0.25) is 0 Å². The fourth-order valence-corrected chi connectivity index (χ4v) is 3.89. The summed E-state index contributed by atoms with van der Waals surface area (Å²) in [4.78, 5) is 0.947. The van der Waals surface area contributed by atoms with Crippen molar-refractivity contribution in [3.63, 3.8) is 0 Å². The minimum absolute atomic E-state index is 0.312. The summed E-state index contributed by atoms with van der Waals surface area (Å²) in [5.74, 6) is 0.504. The van der Waals surface area contributed by atoms with Crippen molar-refractivity contribution in [2.24, 2.45) is 11.3 Å². The van der Waals surface area contributed by atoms with E-state index in [4.69, 9.17) is 11.6 Å². The Hall–Kier alpha value is 0.430. The zero-order chi connectivity index (χ0) is 13.2. The van der Waals surface area contributed by atoms with Gasteiger partial charge in [0.1, 0.15) is 4.34 Å². The predicted octanol–water partition coefficient (Wildman–Crippen LogP) is 5.66. The van der Waals surface area contributed by atoms with Crippen LogP contribution in [0, 0.1) is 11.3 Å². The van der Waals surface area contributed by atoms with Crippen LogP contribution in [0.1, 0.15) is 51.5 Å². The van der Waals surface area contributed by atoms with E-state index >= 15 is 0 Å². The van der Waals surface area contributed by atoms with Crippen molar-refractivity contribution in [3.8, 4) is 0 Å². The summed E-state index contributed by atoms with van der Waals surface area (Å²) < 4.78 is 1.59. The van der Waals surface area contributed by atoms with Gasteiger partial charge in [0.15, 0.2) is 0 Å². The van der Waals surface area contributed by atoms with E-state index < -0.39 is 6.10 Å². The first-order chi connectivity index (χ1) is 7.69. The molecular weight excluding hydrogens is 320 g/mol. The van der Waals surface area contributed by atoms with E-state index in [9.17, 15) is 5.11 Å². The summed E-state index contributed by atoms with van der Waals surface area (Å²) in [6.07, 6.45) is 1.51. The maximum atomic E-state index is 10.2. The van der Waals surface area contributed by atoms with Crippen LogP contribution in [0.5, 0.6) is 0 Å². The number of hydrogen-bond acceptors (Lipinski definition) is 2. The summed E-state index contributed by atoms with van der Waals surface area (Å²) >= 11 is 10.8. The van der Waals surface area contributed by atoms with Gasteiger partial charge in [-0.1, -0.05) is 39.3 Å². The van der Waals surface area contributed by atoms with Crippen molar-refractivity contribution >= 4 is 38.9 Å². The van der Waals surface area contributed by atoms with Crippen LogP contribution in [0.2, 0.25) is 4.34 Å². The molecule has 1 nitrogen and oxygen atoms in total. The Morgan fingerprint density at radius 3 is 2.47 bits per heavy atom. The fourth-order valence-electron chi connectivity index (χ4n) is 2.15. The SMILES string of the molecule is CC(CC(O)c1cc(Br)c(Cl)s1)CC(C)(C)C. The van der Waals surface area contributed by atoms with Crippen molar-refractivity contribution in [1.29, 1.82) is 0 Å². The summed E-state index contributed by atoms with van der Waals surface area (Å²) in [6, 6.07) is 1.92. The van der Waals surface area contributed by atoms with E-state index in [2.05, 4.69) is 43.6 Å². The smallest absolute Gasteiger partial charge is 0.107 e. The molecule has 1 aromatic heterocycles. The van der Waals surface area contributed by atoms with Crippen LogP contribution in [0.3, 0.4) is 0 Å². The molecule has 0 bridgehead atoms. The lowest BCUT2D eigenvalue weighted by Gasteiger charge is -2.24. The molecule has 1 heterocycles. The van der Waals surface area contributed by atoms with Crippen molar-refractivity contribution < 1.29 is 5.11 Å². The van der Waals surface area contributed by atoms with Crippen molar-refractivity contribution in [2.45, 2.75) is 46.6 Å². The lowest BCUT2D eigenvalue weighted by atomic mass is 9.83. The van der Waals surface area contributed by atoms with Crippen LogP contribution in [0.4, 0.5) is 0 Å². The topological polar surface area (TPSA) is 20.2 Å². The molecule has 0 spiro atoms. The normalized spacial score (nSPS) is 15.9. The minimum atomic E-state index is -0.402. The van der Waals surface area contributed by atoms with Crippen molar-refractivity contribution in [1.82, 2.24) is 0 Å². The Morgan fingerprint density at radius 1 is 1.47 bits per heavy atom. The number of rotatable bonds is 4. The molecule has 0 aliphatic heterocycles. The first-order valence-electron chi connectivity index (χ1n) is 5.82. The van der Waals surface area contributed by atoms with Crippen LogP contribution in [-0.4, -0.2) is 5.11 Å². The molecular formula is C13H20BrClOS. The molecule has 1 aromatic rings. The highest BCUT2D eigenvalue weighted by Gasteiger charge is 2.20. The Morgan fingerprint density at radius 2 is 2.06 bits per heavy atom. The predicted molar refractivity (Wildman–Crippen MR) is 79.8 cm³/mol. The molecule has 1 N–H and O–H groups in total. The van der Waals surface area contributed by atoms with Gasteiger partial charge in [0.25, 0.3) is 0 Å². The number of halogens is 2. The molecule has 98 valence electrons. The highest BCUT2D eigenvalue weighted by molar-refractivity contribution is 9.10. The van der Waals surface area contributed by atoms with Gasteiger partial charge in [-0.15, -0.1) is 11.3 Å². The second-order valence-corrected chi connectivity index (χ2v) is 8.43. The largest absolute Gasteiger partial charge is 0.388 e. The molecule has 17 heavy (non-hydrogen) atoms. The van der Waals surface area contributed by atoms with Crippen LogP contribution in [0.15, 0.2) is 10.5 Å². The summed E-state index contributed by atoms with van der Waals surface area (Å²) in [7, 11) is 0. The third-order valence-electron chi connectivity index (χ3n) is 2.58. The average molecular weight is 340 g/mol. The van der Waals surface area contributed by atoms with Gasteiger partial charge in [-0.05, 0) is 46.2 Å². The molecule has 0 saturated carbocycles. The molecule has 2 atom stereocenters. The Kier molecular flexibility index (Phi) is 5.51. The number of aliphatic hydroxyl groups is 1. The van der Waals surface area contributed by atoms with Crippen LogP contribution >= 0.6 is 38.9 Å². The molecule has 4 heteroatoms. The molecule has 0 amide bonds. The summed E-state index contributed by atoms with van der Waals surface area (Å²) in [5.41, 5.74) is 0.312. The zero-order valence-electron chi connectivity index (χ0n) is 10.8. The van der Waals surface area contributed by atoms with Gasteiger partial charge < -0.3 is 5.11 Å². The number of thiophene rings is 1. The van der Waals surface area contributed by atoms with E-state index in [0.29, 0.717) is 15.7 Å². The highest BCUT2D eigenvalue weighted by Crippen LogP contribution is 2.38. The summed E-state index contributed by atoms with van der Waals surface area (Å²) in [5, 5.41) is 10.2. The Labute approximate surface area is 121 Å². The third-order valence-corrected chi connectivity index (χ3v) is 5.16. The average Bonchev–Trinajstić information content (AvgIpc) is 2.43. The maximum absolute atomic E-state index is 10.2. The van der Waals surface area contributed by atoms with E-state index in [1.54, 1.807) is 0 Å². The van der Waals surface area contributed by atoms with Crippen LogP contribution in [-0.2, 0) is 0 Å². The zero-order valence-corrected chi connectivity index (χ0v) is 13.9. The first kappa shape index (κ1) is 15.5. The van der Waals surface area contributed by atoms with Gasteiger partial charge in [0, 0.05) is 9.35 Å². The van der Waals surface area contributed by atoms with E-state index in [1.807, 2.05) is 6.07 Å². The molecule has 0 aliphatic rings. The van der Waals surface area contributed by atoms with Crippen molar-refractivity contribution in [2.75, 3.05) is 0 Å². The van der Waals surface area contributed by atoms with Gasteiger partial charge in [-0.25, -0.2) is 0 Å². The molecule has 0 radical (unpaired) electrons. The molecule has 0 saturated heterocycles. The Bertz CT molecular complexity index is 350. The maximum Gasteiger partial charge on any atom is 0.107 e. The first-order valence-corrected chi connectivity index (χ1v) is 7.80. The van der Waals surface area contributed by atoms with Crippen molar-refractivity contribution in [3.05, 3.63) is 19.8 Å². The molecule has 0 aliphatic carbocycles. The van der Waals surface area contributed by atoms with Gasteiger partial charge in [0.05, 0.1) is 6.10 Å². The standard InChI is InChI=1S/C13H20BrClOS/c1-8(7-13(2,3)4)5-10(16)11-6-9(14)12(15)17-11/h6,8,10,16H,5,7H2,1-4H3. The fraction of sp³-hybridized carbons (Fsp3) is 0.692. The lowest BCUT2D eigenvalue weighted by Crippen LogP contribution is -2.13. The highest BCUT2D eigenvalue weighted by atomic mass is 79.9. The monoisotopic (exact) mass is 338 g/mol. The van der Waals surface area contributed by atoms with Gasteiger partial charge in [-0.2, -0.15) is 0 Å². The van der Waals surface area contributed by atoms with Crippen LogP contribution < -0.4 is 0 Å². The summed E-state index contributed by atoms with van der Waals surface area (Å²) in [6.45, 7) is 8.89. The van der Waals surface area contributed by atoms with E-state index in [0.717, 1.165) is 22.2 Å². The lowest BCUT2D eigenvalue weighted by molar-refractivity contribution is 0.137. The second kappa shape index (κ2) is 6.05. The number of hydrogen-bond donors (Lipinski definition) is 1. The van der Waals surface area contributed by atoms with Crippen LogP contribution in [0.25, 0.3) is 0 Å². The quantitative estimate of drug-likeness (QED) is 0.750. The minimum Gasteiger partial charge on any atom is -0.388 e. The van der Waals surface area contributed by atoms with Gasteiger partial charge in [0.2, 0.25) is 0 Å².